The highest BCUT2D eigenvalue weighted by Crippen LogP contribution is 2.36. The number of hydrogen-bond donors (Lipinski definition) is 1. The van der Waals surface area contributed by atoms with Gasteiger partial charge in [-0.05, 0) is 52.7 Å². The molecule has 0 saturated carbocycles. The Morgan fingerprint density at radius 3 is 2.82 bits per heavy atom. The first-order valence-electron chi connectivity index (χ1n) is 8.36. The van der Waals surface area contributed by atoms with Crippen LogP contribution in [0, 0.1) is 12.3 Å². The Morgan fingerprint density at radius 1 is 1.29 bits per heavy atom. The lowest BCUT2D eigenvalue weighted by atomic mass is 10.2. The second-order valence-electron chi connectivity index (χ2n) is 5.59. The lowest BCUT2D eigenvalue weighted by molar-refractivity contribution is 0.298. The van der Waals surface area contributed by atoms with Gasteiger partial charge in [0.25, 0.3) is 5.56 Å². The molecule has 0 aliphatic heterocycles. The number of terminal acetylenes is 1. The van der Waals surface area contributed by atoms with Crippen LogP contribution in [0.1, 0.15) is 12.5 Å². The summed E-state index contributed by atoms with van der Waals surface area (Å²) in [6.07, 6.45) is 6.64. The third kappa shape index (κ3) is 4.00. The highest BCUT2D eigenvalue weighted by Gasteiger charge is 2.12. The van der Waals surface area contributed by atoms with Crippen molar-refractivity contribution in [2.24, 2.45) is 5.10 Å². The topological polar surface area (TPSA) is 85.7 Å². The Kier molecular flexibility index (Phi) is 5.96. The lowest BCUT2D eigenvalue weighted by Crippen LogP contribution is -2.32. The Balaban J connectivity index is 2.03. The molecule has 0 atom stereocenters. The summed E-state index contributed by atoms with van der Waals surface area (Å²) in [5, 5.41) is 4.41. The second-order valence-corrected chi connectivity index (χ2v) is 6.45. The molecule has 3 rings (SSSR count). The molecular formula is C20H16BrN3O4. The number of ether oxygens (including phenoxy) is 2. The molecule has 0 amide bonds. The number of halogens is 1. The third-order valence-corrected chi connectivity index (χ3v) is 4.33. The first-order valence-corrected chi connectivity index (χ1v) is 9.15. The first kappa shape index (κ1) is 19.5. The average molecular weight is 442 g/mol. The van der Waals surface area contributed by atoms with Crippen molar-refractivity contribution in [1.29, 1.82) is 0 Å². The number of para-hydroxylation sites is 1. The number of nitrogens with one attached hydrogen (secondary N) is 1. The van der Waals surface area contributed by atoms with Gasteiger partial charge in [0, 0.05) is 0 Å². The van der Waals surface area contributed by atoms with Gasteiger partial charge in [-0.25, -0.2) is 4.79 Å². The molecule has 142 valence electrons. The van der Waals surface area contributed by atoms with Gasteiger partial charge in [0.2, 0.25) is 0 Å². The van der Waals surface area contributed by atoms with Gasteiger partial charge in [-0.3, -0.25) is 4.79 Å². The summed E-state index contributed by atoms with van der Waals surface area (Å²) in [6, 6.07) is 10.1. The Bertz CT molecular complexity index is 1200. The van der Waals surface area contributed by atoms with Gasteiger partial charge in [0.05, 0.1) is 28.2 Å². The van der Waals surface area contributed by atoms with Crippen LogP contribution >= 0.6 is 15.9 Å². The SMILES string of the molecule is C#CCOc1c(Br)cc(C=Nn2c(=O)[nH]c3ccccc3c2=O)cc1OCC. The van der Waals surface area contributed by atoms with Gasteiger partial charge in [-0.2, -0.15) is 5.10 Å². The molecule has 0 aliphatic rings. The molecule has 8 heteroatoms. The van der Waals surface area contributed by atoms with Gasteiger partial charge in [-0.15, -0.1) is 11.1 Å². The summed E-state index contributed by atoms with van der Waals surface area (Å²) in [4.78, 5) is 27.4. The fourth-order valence-electron chi connectivity index (χ4n) is 2.56. The maximum Gasteiger partial charge on any atom is 0.349 e. The highest BCUT2D eigenvalue weighted by atomic mass is 79.9. The molecule has 1 N–H and O–H groups in total. The van der Waals surface area contributed by atoms with Crippen LogP contribution in [0.2, 0.25) is 0 Å². The Hall–Kier alpha value is -3.31. The van der Waals surface area contributed by atoms with E-state index < -0.39 is 11.2 Å². The maximum absolute atomic E-state index is 12.5. The number of H-pyrrole nitrogens is 1. The zero-order valence-electron chi connectivity index (χ0n) is 14.9. The standard InChI is InChI=1S/C20H16BrN3O4/c1-3-9-28-18-15(21)10-13(11-17(18)27-4-2)12-22-24-19(25)14-7-5-6-8-16(14)23-20(24)26/h1,5-8,10-12H,4,9H2,2H3,(H,23,26). The van der Waals surface area contributed by atoms with E-state index in [9.17, 15) is 9.59 Å². The summed E-state index contributed by atoms with van der Waals surface area (Å²) in [5.74, 6) is 3.34. The lowest BCUT2D eigenvalue weighted by Gasteiger charge is -2.13. The van der Waals surface area contributed by atoms with Crippen LogP contribution in [0.5, 0.6) is 11.5 Å². The number of aromatic amines is 1. The molecule has 0 spiro atoms. The van der Waals surface area contributed by atoms with E-state index in [1.165, 1.54) is 6.21 Å². The van der Waals surface area contributed by atoms with Crippen molar-refractivity contribution in [3.8, 4) is 23.8 Å². The van der Waals surface area contributed by atoms with Gasteiger partial charge in [0.15, 0.2) is 11.5 Å². The molecule has 0 fully saturated rings. The minimum Gasteiger partial charge on any atom is -0.490 e. The summed E-state index contributed by atoms with van der Waals surface area (Å²) >= 11 is 3.41. The zero-order chi connectivity index (χ0) is 20.1. The van der Waals surface area contributed by atoms with Crippen LogP contribution in [-0.4, -0.2) is 29.1 Å². The molecule has 0 unspecified atom stereocenters. The van der Waals surface area contributed by atoms with E-state index >= 15 is 0 Å². The van der Waals surface area contributed by atoms with Crippen LogP contribution in [0.3, 0.4) is 0 Å². The van der Waals surface area contributed by atoms with E-state index in [2.05, 4.69) is 31.9 Å². The van der Waals surface area contributed by atoms with E-state index in [0.29, 0.717) is 39.0 Å². The normalized spacial score (nSPS) is 10.9. The monoisotopic (exact) mass is 441 g/mol. The van der Waals surface area contributed by atoms with Crippen molar-refractivity contribution in [3.05, 3.63) is 67.3 Å². The maximum atomic E-state index is 12.5. The molecule has 28 heavy (non-hydrogen) atoms. The Morgan fingerprint density at radius 2 is 2.07 bits per heavy atom. The molecule has 0 saturated heterocycles. The molecule has 7 nitrogen and oxygen atoms in total. The van der Waals surface area contributed by atoms with Crippen molar-refractivity contribution in [2.75, 3.05) is 13.2 Å². The molecule has 2 aromatic carbocycles. The number of rotatable bonds is 6. The summed E-state index contributed by atoms with van der Waals surface area (Å²) in [6.45, 7) is 2.35. The number of aromatic nitrogens is 2. The second kappa shape index (κ2) is 8.59. The van der Waals surface area contributed by atoms with Gasteiger partial charge in [0.1, 0.15) is 6.61 Å². The van der Waals surface area contributed by atoms with Crippen LogP contribution in [-0.2, 0) is 0 Å². The van der Waals surface area contributed by atoms with E-state index in [-0.39, 0.29) is 6.61 Å². The predicted molar refractivity (Wildman–Crippen MR) is 111 cm³/mol. The number of benzene rings is 2. The Labute approximate surface area is 168 Å². The largest absolute Gasteiger partial charge is 0.490 e. The van der Waals surface area contributed by atoms with Crippen molar-refractivity contribution in [1.82, 2.24) is 9.66 Å². The van der Waals surface area contributed by atoms with E-state index in [4.69, 9.17) is 15.9 Å². The third-order valence-electron chi connectivity index (χ3n) is 3.74. The van der Waals surface area contributed by atoms with Crippen molar-refractivity contribution in [3.63, 3.8) is 0 Å². The van der Waals surface area contributed by atoms with E-state index in [1.54, 1.807) is 36.4 Å². The van der Waals surface area contributed by atoms with Crippen LogP contribution < -0.4 is 20.7 Å². The molecule has 3 aromatic rings. The van der Waals surface area contributed by atoms with Gasteiger partial charge >= 0.3 is 5.69 Å². The average Bonchev–Trinajstić information content (AvgIpc) is 2.67. The first-order chi connectivity index (χ1) is 13.5. The highest BCUT2D eigenvalue weighted by molar-refractivity contribution is 9.10. The predicted octanol–water partition coefficient (Wildman–Crippen LogP) is 2.75. The fraction of sp³-hybridized carbons (Fsp3) is 0.150. The molecule has 0 aliphatic carbocycles. The molecule has 1 aromatic heterocycles. The van der Waals surface area contributed by atoms with E-state index in [1.807, 2.05) is 6.92 Å². The molecule has 1 heterocycles. The summed E-state index contributed by atoms with van der Waals surface area (Å²) in [5.41, 5.74) is -0.0742. The van der Waals surface area contributed by atoms with Gasteiger partial charge in [-0.1, -0.05) is 18.1 Å². The van der Waals surface area contributed by atoms with Crippen molar-refractivity contribution >= 4 is 33.0 Å². The quantitative estimate of drug-likeness (QED) is 0.470. The van der Waals surface area contributed by atoms with Crippen molar-refractivity contribution < 1.29 is 9.47 Å². The smallest absolute Gasteiger partial charge is 0.349 e. The number of hydrogen-bond acceptors (Lipinski definition) is 5. The minimum absolute atomic E-state index is 0.0912. The van der Waals surface area contributed by atoms with Crippen molar-refractivity contribution in [2.45, 2.75) is 6.92 Å². The fourth-order valence-corrected chi connectivity index (χ4v) is 3.14. The van der Waals surface area contributed by atoms with Crippen LogP contribution in [0.25, 0.3) is 10.9 Å². The number of fused-ring (bicyclic) bond motifs is 1. The molecular weight excluding hydrogens is 426 g/mol. The number of nitrogens with zero attached hydrogens (tertiary/aromatic N) is 2. The van der Waals surface area contributed by atoms with Crippen LogP contribution in [0.4, 0.5) is 0 Å². The van der Waals surface area contributed by atoms with Gasteiger partial charge < -0.3 is 14.5 Å². The van der Waals surface area contributed by atoms with Crippen LogP contribution in [0.15, 0.2) is 55.6 Å². The van der Waals surface area contributed by atoms with E-state index in [0.717, 1.165) is 4.68 Å². The zero-order valence-corrected chi connectivity index (χ0v) is 16.5. The summed E-state index contributed by atoms with van der Waals surface area (Å²) in [7, 11) is 0. The summed E-state index contributed by atoms with van der Waals surface area (Å²) < 4.78 is 12.5. The molecule has 0 bridgehead atoms. The molecule has 0 radical (unpaired) electrons. The minimum atomic E-state index is -0.627.